The number of esters is 1. The molecule has 0 bridgehead atoms. The highest BCUT2D eigenvalue weighted by Crippen LogP contribution is 2.55. The van der Waals surface area contributed by atoms with Gasteiger partial charge in [-0.25, -0.2) is 29.2 Å². The smallest absolute Gasteiger partial charge is 0.328 e. The van der Waals surface area contributed by atoms with Gasteiger partial charge in [-0.2, -0.15) is 0 Å². The first-order chi connectivity index (χ1) is 18.4. The molecule has 4 N–H and O–H groups in total. The van der Waals surface area contributed by atoms with Crippen LogP contribution in [0.1, 0.15) is 33.6 Å². The molecular formula is C23H35N6O9P. The molecular weight excluding hydrogens is 535 g/mol. The largest absolute Gasteiger partial charge is 0.478 e. The molecule has 1 saturated heterocycles. The molecule has 3 heterocycles. The lowest BCUT2D eigenvalue weighted by Gasteiger charge is -2.39. The number of ether oxygens (including phenoxy) is 2. The zero-order valence-electron chi connectivity index (χ0n) is 22.3. The minimum Gasteiger partial charge on any atom is -0.478 e. The van der Waals surface area contributed by atoms with Gasteiger partial charge in [-0.05, 0) is 25.7 Å². The van der Waals surface area contributed by atoms with Gasteiger partial charge in [-0.15, -0.1) is 0 Å². The van der Waals surface area contributed by atoms with Gasteiger partial charge in [0.15, 0.2) is 11.5 Å². The van der Waals surface area contributed by atoms with Crippen molar-refractivity contribution in [1.29, 1.82) is 0 Å². The zero-order chi connectivity index (χ0) is 29.2. The van der Waals surface area contributed by atoms with E-state index in [1.165, 1.54) is 13.4 Å². The fraction of sp³-hybridized carbons (Fsp3) is 0.565. The minimum atomic E-state index is -3.36. The molecule has 1 aliphatic rings. The first-order valence-corrected chi connectivity index (χ1v) is 13.9. The van der Waals surface area contributed by atoms with Crippen molar-refractivity contribution in [2.24, 2.45) is 5.92 Å². The summed E-state index contributed by atoms with van der Waals surface area (Å²) in [6.07, 6.45) is 4.90. The molecule has 39 heavy (non-hydrogen) atoms. The number of hydrogen-bond donors (Lipinski definition) is 3. The summed E-state index contributed by atoms with van der Waals surface area (Å²) in [6.45, 7) is 7.17. The van der Waals surface area contributed by atoms with Gasteiger partial charge >= 0.3 is 17.9 Å². The number of carboxylic acids is 2. The van der Waals surface area contributed by atoms with Crippen LogP contribution in [0.2, 0.25) is 0 Å². The van der Waals surface area contributed by atoms with Crippen molar-refractivity contribution in [1.82, 2.24) is 24.2 Å². The number of carbonyl (C=O) groups excluding carboxylic acids is 1. The Morgan fingerprint density at radius 1 is 1.18 bits per heavy atom. The summed E-state index contributed by atoms with van der Waals surface area (Å²) in [5.74, 6) is -2.38. The van der Waals surface area contributed by atoms with E-state index in [4.69, 9.17) is 29.9 Å². The minimum absolute atomic E-state index is 0.122. The Hall–Kier alpha value is -3.39. The van der Waals surface area contributed by atoms with E-state index in [1.54, 1.807) is 11.0 Å². The number of anilines is 1. The second kappa shape index (κ2) is 14.7. The number of imidazole rings is 1. The third-order valence-electron chi connectivity index (χ3n) is 5.52. The summed E-state index contributed by atoms with van der Waals surface area (Å²) in [6, 6.07) is -0.632. The number of rotatable bonds is 11. The number of nitrogens with two attached hydrogens (primary N) is 1. The summed E-state index contributed by atoms with van der Waals surface area (Å²) in [5.41, 5.74) is 6.96. The SMILES string of the molecule is COC(=O)[C@H](CC(C)C)N1CCCO[P@@]1(=O)CO[C@H](C)Cn1cnc2c(N)ncnc21.O=C(O)/C=C/C(=O)O. The van der Waals surface area contributed by atoms with Gasteiger partial charge < -0.3 is 34.5 Å². The standard InChI is InChI=1S/C19H31N6O5P.C4H4O4/c1-13(2)8-15(19(26)28-4)25-6-5-7-30-31(25,27)12-29-14(3)9-24-11-23-16-17(20)21-10-22-18(16)24;5-3(6)1-2-4(7)8/h10-11,13-15H,5-9,12H2,1-4H3,(H2,20,21,22);1-2H,(H,5,6)(H,7,8)/b;2-1+/t14-,15+,31+;/m1./s1. The average Bonchev–Trinajstić information content (AvgIpc) is 3.29. The highest BCUT2D eigenvalue weighted by molar-refractivity contribution is 7.56. The second-order valence-corrected chi connectivity index (χ2v) is 11.4. The van der Waals surface area contributed by atoms with Crippen LogP contribution in [0.3, 0.4) is 0 Å². The van der Waals surface area contributed by atoms with Crippen LogP contribution in [-0.4, -0.2) is 91.1 Å². The third kappa shape index (κ3) is 9.39. The first kappa shape index (κ1) is 31.8. The van der Waals surface area contributed by atoms with Gasteiger partial charge in [0.25, 0.3) is 7.52 Å². The third-order valence-corrected chi connectivity index (χ3v) is 7.84. The number of methoxy groups -OCH3 is 1. The Balaban J connectivity index is 0.000000580. The van der Waals surface area contributed by atoms with E-state index in [2.05, 4.69) is 15.0 Å². The van der Waals surface area contributed by atoms with Gasteiger partial charge in [-0.3, -0.25) is 9.36 Å². The van der Waals surface area contributed by atoms with Crippen molar-refractivity contribution in [3.8, 4) is 0 Å². The van der Waals surface area contributed by atoms with E-state index in [1.807, 2.05) is 25.3 Å². The summed E-state index contributed by atoms with van der Waals surface area (Å²) in [7, 11) is -2.02. The fourth-order valence-electron chi connectivity index (χ4n) is 3.79. The highest BCUT2D eigenvalue weighted by atomic mass is 31.2. The number of carbonyl (C=O) groups is 3. The van der Waals surface area contributed by atoms with Crippen molar-refractivity contribution in [2.75, 3.05) is 32.3 Å². The number of fused-ring (bicyclic) bond motifs is 1. The topological polar surface area (TPSA) is 209 Å². The molecule has 1 fully saturated rings. The molecule has 3 rings (SSSR count). The lowest BCUT2D eigenvalue weighted by atomic mass is 10.0. The van der Waals surface area contributed by atoms with E-state index < -0.39 is 31.5 Å². The quantitative estimate of drug-likeness (QED) is 0.200. The normalized spacial score (nSPS) is 19.4. The van der Waals surface area contributed by atoms with E-state index >= 15 is 0 Å². The summed E-state index contributed by atoms with van der Waals surface area (Å²) in [4.78, 5) is 43.9. The number of carboxylic acid groups (broad SMARTS) is 2. The van der Waals surface area contributed by atoms with E-state index in [0.717, 1.165) is 0 Å². The Labute approximate surface area is 225 Å². The maximum Gasteiger partial charge on any atom is 0.328 e. The lowest BCUT2D eigenvalue weighted by Crippen LogP contribution is -2.44. The predicted octanol–water partition coefficient (Wildman–Crippen LogP) is 1.99. The van der Waals surface area contributed by atoms with Crippen LogP contribution < -0.4 is 5.73 Å². The van der Waals surface area contributed by atoms with Gasteiger partial charge in [-0.1, -0.05) is 13.8 Å². The molecule has 0 aromatic carbocycles. The number of aromatic nitrogens is 4. The number of aliphatic carboxylic acids is 2. The molecule has 16 heteroatoms. The molecule has 15 nitrogen and oxygen atoms in total. The molecule has 1 aliphatic heterocycles. The maximum atomic E-state index is 13.7. The van der Waals surface area contributed by atoms with E-state index in [9.17, 15) is 18.9 Å². The molecule has 0 saturated carbocycles. The van der Waals surface area contributed by atoms with Crippen molar-refractivity contribution < 1.29 is 43.2 Å². The first-order valence-electron chi connectivity index (χ1n) is 12.1. The molecule has 216 valence electrons. The van der Waals surface area contributed by atoms with Crippen LogP contribution in [0.5, 0.6) is 0 Å². The van der Waals surface area contributed by atoms with Crippen molar-refractivity contribution in [2.45, 2.75) is 52.3 Å². The summed E-state index contributed by atoms with van der Waals surface area (Å²) >= 11 is 0. The zero-order valence-corrected chi connectivity index (χ0v) is 23.2. The van der Waals surface area contributed by atoms with Gasteiger partial charge in [0.05, 0.1) is 32.7 Å². The molecule has 0 amide bonds. The van der Waals surface area contributed by atoms with Crippen LogP contribution in [0.15, 0.2) is 24.8 Å². The van der Waals surface area contributed by atoms with Crippen LogP contribution in [0, 0.1) is 5.92 Å². The second-order valence-electron chi connectivity index (χ2n) is 9.10. The maximum absolute atomic E-state index is 13.7. The van der Waals surface area contributed by atoms with E-state index in [-0.39, 0.29) is 18.4 Å². The fourth-order valence-corrected chi connectivity index (χ4v) is 6.08. The summed E-state index contributed by atoms with van der Waals surface area (Å²) < 4.78 is 33.7. The molecule has 0 aliphatic carbocycles. The number of nitrogen functional groups attached to an aromatic ring is 1. The number of nitrogens with zero attached hydrogens (tertiary/aromatic N) is 5. The number of hydrogen-bond acceptors (Lipinski definition) is 11. The predicted molar refractivity (Wildman–Crippen MR) is 140 cm³/mol. The molecule has 0 unspecified atom stereocenters. The van der Waals surface area contributed by atoms with E-state index in [0.29, 0.717) is 61.7 Å². The van der Waals surface area contributed by atoms with Crippen molar-refractivity contribution in [3.63, 3.8) is 0 Å². The van der Waals surface area contributed by atoms with Crippen molar-refractivity contribution in [3.05, 3.63) is 24.8 Å². The Bertz CT molecular complexity index is 1200. The molecule has 2 aromatic heterocycles. The molecule has 2 aromatic rings. The highest BCUT2D eigenvalue weighted by Gasteiger charge is 2.43. The van der Waals surface area contributed by atoms with Crippen LogP contribution in [0.25, 0.3) is 11.2 Å². The monoisotopic (exact) mass is 570 g/mol. The van der Waals surface area contributed by atoms with Gasteiger partial charge in [0.2, 0.25) is 0 Å². The van der Waals surface area contributed by atoms with Gasteiger partial charge in [0.1, 0.15) is 24.2 Å². The molecule has 0 spiro atoms. The lowest BCUT2D eigenvalue weighted by molar-refractivity contribution is -0.146. The summed E-state index contributed by atoms with van der Waals surface area (Å²) in [5, 5.41) is 15.6. The van der Waals surface area contributed by atoms with Gasteiger partial charge in [0, 0.05) is 18.7 Å². The van der Waals surface area contributed by atoms with Crippen LogP contribution in [-0.2, 0) is 39.5 Å². The van der Waals surface area contributed by atoms with Crippen molar-refractivity contribution >= 4 is 42.4 Å². The average molecular weight is 571 g/mol. The molecule has 0 radical (unpaired) electrons. The Morgan fingerprint density at radius 2 is 1.85 bits per heavy atom. The molecule has 3 atom stereocenters. The van der Waals surface area contributed by atoms with Crippen LogP contribution in [0.4, 0.5) is 5.82 Å². The Morgan fingerprint density at radius 3 is 2.44 bits per heavy atom. The Kier molecular flexibility index (Phi) is 12.0. The van der Waals surface area contributed by atoms with Crippen LogP contribution >= 0.6 is 7.52 Å².